The largest absolute Gasteiger partial charge is 0.495 e. The van der Waals surface area contributed by atoms with Gasteiger partial charge in [0.2, 0.25) is 0 Å². The number of methoxy groups -OCH3 is 3. The van der Waals surface area contributed by atoms with Crippen LogP contribution < -0.4 is 24.6 Å². The molecule has 6 aromatic carbocycles. The second-order valence-corrected chi connectivity index (χ2v) is 33.1. The predicted molar refractivity (Wildman–Crippen MR) is 477 cm³/mol. The summed E-state index contributed by atoms with van der Waals surface area (Å²) in [7, 11) is 4.93. The molecule has 5 saturated carbocycles. The van der Waals surface area contributed by atoms with Gasteiger partial charge < -0.3 is 43.6 Å². The van der Waals surface area contributed by atoms with E-state index in [2.05, 4.69) is 99.3 Å². The van der Waals surface area contributed by atoms with Crippen LogP contribution in [-0.2, 0) is 65.6 Å². The van der Waals surface area contributed by atoms with Crippen LogP contribution in [0.25, 0.3) is 0 Å². The second-order valence-electron chi connectivity index (χ2n) is 33.1. The number of hydrogen-bond acceptors (Lipinski definition) is 15. The number of esters is 1. The Morgan fingerprint density at radius 2 is 0.776 bits per heavy atom. The average molecular weight is 1610 g/mol. The Morgan fingerprint density at radius 1 is 0.431 bits per heavy atom. The minimum atomic E-state index is -0.648. The third-order valence-corrected chi connectivity index (χ3v) is 25.3. The minimum absolute atomic E-state index is 0. The Hall–Kier alpha value is -7.53. The number of benzene rings is 6. The molecular weight excluding hydrogens is 1470 g/mol. The lowest BCUT2D eigenvalue weighted by molar-refractivity contribution is -0.156. The van der Waals surface area contributed by atoms with Gasteiger partial charge in [0, 0.05) is 109 Å². The highest BCUT2D eigenvalue weighted by atomic mass is 35.5. The Bertz CT molecular complexity index is 3710. The highest BCUT2D eigenvalue weighted by molar-refractivity contribution is 5.94. The molecule has 1 N–H and O–H groups in total. The van der Waals surface area contributed by atoms with Crippen molar-refractivity contribution < 1.29 is 52.5 Å². The number of piperazine rings is 2. The number of para-hydroxylation sites is 4. The molecule has 0 amide bonds. The van der Waals surface area contributed by atoms with Crippen molar-refractivity contribution in [3.63, 3.8) is 0 Å². The summed E-state index contributed by atoms with van der Waals surface area (Å²) in [6.07, 6.45) is 31.6. The molecule has 0 aromatic heterocycles. The van der Waals surface area contributed by atoms with Crippen LogP contribution >= 0.6 is 12.4 Å². The van der Waals surface area contributed by atoms with Gasteiger partial charge >= 0.3 is 5.97 Å². The van der Waals surface area contributed by atoms with E-state index in [1.165, 1.54) is 108 Å². The normalized spacial score (nSPS) is 18.6. The molecule has 116 heavy (non-hydrogen) atoms. The van der Waals surface area contributed by atoms with Crippen LogP contribution in [0.2, 0.25) is 0 Å². The van der Waals surface area contributed by atoms with Crippen molar-refractivity contribution in [1.29, 1.82) is 0 Å². The van der Waals surface area contributed by atoms with E-state index < -0.39 is 16.2 Å². The van der Waals surface area contributed by atoms with Crippen molar-refractivity contribution in [1.82, 2.24) is 10.2 Å². The highest BCUT2D eigenvalue weighted by Gasteiger charge is 2.44. The van der Waals surface area contributed by atoms with Crippen LogP contribution in [0.15, 0.2) is 170 Å². The summed E-state index contributed by atoms with van der Waals surface area (Å²) in [4.78, 5) is 81.3. The smallest absolute Gasteiger partial charge is 0.308 e. The Morgan fingerprint density at radius 3 is 1.17 bits per heavy atom. The predicted octanol–water partition coefficient (Wildman–Crippen LogP) is 21.2. The molecule has 0 spiro atoms. The van der Waals surface area contributed by atoms with E-state index in [1.807, 2.05) is 130 Å². The van der Waals surface area contributed by atoms with Gasteiger partial charge in [-0.25, -0.2) is 0 Å². The van der Waals surface area contributed by atoms with Crippen molar-refractivity contribution in [2.75, 3.05) is 103 Å². The van der Waals surface area contributed by atoms with Crippen molar-refractivity contribution in [2.24, 2.45) is 29.6 Å². The van der Waals surface area contributed by atoms with E-state index in [0.717, 1.165) is 177 Å². The summed E-state index contributed by atoms with van der Waals surface area (Å²) in [5, 5.41) is 3.34. The van der Waals surface area contributed by atoms with Crippen molar-refractivity contribution in [2.45, 2.75) is 251 Å². The summed E-state index contributed by atoms with van der Waals surface area (Å²) >= 11 is 0. The molecular formula is C100H145ClN4O11. The standard InChI is InChI=1S/C28H38N2O2.C21H32O3.C17H22O2.C14H18O.C11H16N2O.C8H14O2.CH4.ClH/c1-28(24-13-7-4-8-14-24,27(31)23-11-5-3-6-12-23)17-18-29-19-21-30(22-20-29)25-15-9-10-16-26(25)32-2;1-4-23-19(24-5-2)16-21(3,18-14-10-7-11-15-18)20(22)17-12-8-6-9-13-17;1-17(12-13-18,15-10-6-3-7-11-15)16(19)14-8-4-2-5-9-14;15-14(13-9-5-2-6-10-13)11-12-7-3-1-4-8-12;1-14-11-5-3-2-4-10(11)13-8-6-12-7-9-13;1-10-8(9)7-5-3-2-4-6-7;;/h4,7-10,13-16,23H,3,5-6,11-12,17-22H2,1-2H3;7,10-11,14-15,17,19H,4-6,8-9,12-13,16H2,1-3H3;3,6-7,10-11,13-14H,2,4-5,8-9,12H2,1H3;1,3-4,7-8,13H,2,5-6,9-11H2;2-5,12H,6-9H2,1H3;7H,2-6H2,1H3;1H4;1H. The summed E-state index contributed by atoms with van der Waals surface area (Å²) in [6, 6.07) is 56.9. The molecule has 0 bridgehead atoms. The fourth-order valence-electron chi connectivity index (χ4n) is 18.2. The SMILES string of the molecule is C.CC(CC=O)(C(=O)C1CCCCC1)c1ccccc1.CCOC(CC(C)(C(=O)C1CCCCC1)c1ccccc1)OCC.COC(=O)C1CCCCC1.COc1ccccc1N1CCN(CCC(C)(C(=O)C2CCCCC2)c2ccccc2)CC1.COc1ccccc1N1CCNCC1.Cl.O=C(Cc1ccccc1)C1CCCCC1. The van der Waals surface area contributed by atoms with E-state index in [9.17, 15) is 28.8 Å². The Kier molecular flexibility index (Phi) is 44.5. The number of carbonyl (C=O) groups excluding carboxylic acids is 6. The lowest BCUT2D eigenvalue weighted by Gasteiger charge is -2.39. The summed E-state index contributed by atoms with van der Waals surface area (Å²) in [5.74, 6) is 4.52. The van der Waals surface area contributed by atoms with Crippen LogP contribution in [0.1, 0.15) is 244 Å². The van der Waals surface area contributed by atoms with Crippen LogP contribution in [-0.4, -0.2) is 140 Å². The molecule has 6 aromatic rings. The van der Waals surface area contributed by atoms with Gasteiger partial charge in [-0.3, -0.25) is 28.9 Å². The molecule has 2 aliphatic heterocycles. The van der Waals surface area contributed by atoms with Gasteiger partial charge in [-0.05, 0) is 158 Å². The third kappa shape index (κ3) is 29.8. The number of rotatable bonds is 28. The van der Waals surface area contributed by atoms with Crippen molar-refractivity contribution in [3.05, 3.63) is 192 Å². The van der Waals surface area contributed by atoms with Crippen LogP contribution in [0.4, 0.5) is 11.4 Å². The number of aldehydes is 1. The Balaban J connectivity index is 0.000000224. The number of nitrogens with zero attached hydrogens (tertiary/aromatic N) is 3. The molecule has 7 fully saturated rings. The highest BCUT2D eigenvalue weighted by Crippen LogP contribution is 2.42. The number of Topliss-reactive ketones (excluding diaryl/α,β-unsaturated/α-hetero) is 4. The van der Waals surface area contributed by atoms with Crippen LogP contribution in [0.5, 0.6) is 11.5 Å². The zero-order chi connectivity index (χ0) is 81.2. The zero-order valence-corrected chi connectivity index (χ0v) is 72.0. The number of ketones is 4. The fraction of sp³-hybridized carbons (Fsp3) is 0.580. The van der Waals surface area contributed by atoms with Gasteiger partial charge in [0.15, 0.2) is 6.29 Å². The maximum Gasteiger partial charge on any atom is 0.308 e. The Labute approximate surface area is 705 Å². The van der Waals surface area contributed by atoms with Gasteiger partial charge in [0.1, 0.15) is 40.9 Å². The first kappa shape index (κ1) is 97.3. The third-order valence-electron chi connectivity index (χ3n) is 25.3. The second kappa shape index (κ2) is 53.1. The monoisotopic (exact) mass is 1610 g/mol. The van der Waals surface area contributed by atoms with Gasteiger partial charge in [-0.1, -0.05) is 249 Å². The van der Waals surface area contributed by atoms with E-state index in [0.29, 0.717) is 49.3 Å². The van der Waals surface area contributed by atoms with Crippen molar-refractivity contribution in [3.8, 4) is 11.5 Å². The summed E-state index contributed by atoms with van der Waals surface area (Å²) in [6.45, 7) is 20.5. The molecule has 15 nitrogen and oxygen atoms in total. The van der Waals surface area contributed by atoms with Gasteiger partial charge in [-0.2, -0.15) is 0 Å². The lowest BCUT2D eigenvalue weighted by Crippen LogP contribution is -2.48. The summed E-state index contributed by atoms with van der Waals surface area (Å²) in [5.41, 5.74) is 5.17. The first-order chi connectivity index (χ1) is 55.5. The van der Waals surface area contributed by atoms with Crippen molar-refractivity contribution >= 4 is 59.2 Å². The topological polar surface area (TPSA) is 170 Å². The zero-order valence-electron chi connectivity index (χ0n) is 71.2. The van der Waals surface area contributed by atoms with E-state index >= 15 is 0 Å². The maximum absolute atomic E-state index is 13.8. The van der Waals surface area contributed by atoms with Crippen LogP contribution in [0.3, 0.4) is 0 Å². The van der Waals surface area contributed by atoms with Crippen LogP contribution in [0, 0.1) is 29.6 Å². The molecule has 13 rings (SSSR count). The number of halogens is 1. The molecule has 7 aliphatic rings. The van der Waals surface area contributed by atoms with Gasteiger partial charge in [-0.15, -0.1) is 12.4 Å². The van der Waals surface area contributed by atoms with E-state index in [1.54, 1.807) is 14.2 Å². The molecule has 2 heterocycles. The van der Waals surface area contributed by atoms with E-state index in [-0.39, 0.29) is 68.0 Å². The molecule has 2 saturated heterocycles. The maximum atomic E-state index is 13.8. The minimum Gasteiger partial charge on any atom is -0.495 e. The number of anilines is 2. The summed E-state index contributed by atoms with van der Waals surface area (Å²) < 4.78 is 27.1. The molecule has 3 unspecified atom stereocenters. The fourth-order valence-corrected chi connectivity index (χ4v) is 18.2. The average Bonchev–Trinajstić information content (AvgIpc) is 0.796. The number of carbonyl (C=O) groups is 6. The van der Waals surface area contributed by atoms with E-state index in [4.69, 9.17) is 18.9 Å². The molecule has 5 aliphatic carbocycles. The first-order valence-corrected chi connectivity index (χ1v) is 43.8. The molecule has 638 valence electrons. The molecule has 0 radical (unpaired) electrons. The van der Waals surface area contributed by atoms with Gasteiger partial charge in [0.25, 0.3) is 0 Å². The first-order valence-electron chi connectivity index (χ1n) is 43.8. The van der Waals surface area contributed by atoms with Gasteiger partial charge in [0.05, 0.1) is 54.9 Å². The number of nitrogens with one attached hydrogen (secondary N) is 1. The molecule has 3 atom stereocenters. The molecule has 16 heteroatoms. The number of ether oxygens (including phenoxy) is 5. The number of hydrogen-bond donors (Lipinski definition) is 1. The lowest BCUT2D eigenvalue weighted by atomic mass is 9.68. The quantitative estimate of drug-likeness (QED) is 0.0279.